The topological polar surface area (TPSA) is 99.3 Å². The second kappa shape index (κ2) is 10.0. The van der Waals surface area contributed by atoms with Gasteiger partial charge in [0.2, 0.25) is 11.7 Å². The number of carbonyl (C=O) groups excluding carboxylic acids is 2. The van der Waals surface area contributed by atoms with E-state index in [-0.39, 0.29) is 17.7 Å². The fourth-order valence-electron chi connectivity index (χ4n) is 3.15. The van der Waals surface area contributed by atoms with E-state index in [2.05, 4.69) is 31.4 Å². The zero-order valence-electron chi connectivity index (χ0n) is 17.8. The summed E-state index contributed by atoms with van der Waals surface area (Å²) in [7, 11) is 1.34. The number of thiophene rings is 1. The van der Waals surface area contributed by atoms with E-state index in [0.717, 1.165) is 10.4 Å². The van der Waals surface area contributed by atoms with Crippen LogP contribution >= 0.6 is 39.0 Å². The molecule has 166 valence electrons. The maximum absolute atomic E-state index is 12.7. The van der Waals surface area contributed by atoms with E-state index in [1.165, 1.54) is 30.2 Å². The smallest absolute Gasteiger partial charge is 0.341 e. The Hall–Kier alpha value is -2.11. The summed E-state index contributed by atoms with van der Waals surface area (Å²) in [6, 6.07) is 3.67. The monoisotopic (exact) mass is 526 g/mol. The Kier molecular flexibility index (Phi) is 7.60. The van der Waals surface area contributed by atoms with Gasteiger partial charge in [0.25, 0.3) is 0 Å². The van der Waals surface area contributed by atoms with Crippen LogP contribution in [-0.4, -0.2) is 39.5 Å². The Labute approximate surface area is 196 Å². The van der Waals surface area contributed by atoms with Gasteiger partial charge in [0.15, 0.2) is 15.6 Å². The number of halogens is 1. The van der Waals surface area contributed by atoms with Crippen molar-refractivity contribution in [3.05, 3.63) is 32.8 Å². The normalized spacial score (nSPS) is 11.2. The number of rotatable bonds is 8. The zero-order valence-corrected chi connectivity index (χ0v) is 21.0. The Morgan fingerprint density at radius 3 is 2.68 bits per heavy atom. The number of amides is 1. The van der Waals surface area contributed by atoms with Crippen molar-refractivity contribution < 1.29 is 18.7 Å². The van der Waals surface area contributed by atoms with E-state index in [4.69, 9.17) is 9.15 Å². The Balaban J connectivity index is 1.77. The van der Waals surface area contributed by atoms with Crippen molar-refractivity contribution in [3.63, 3.8) is 0 Å². The molecule has 1 amide bonds. The predicted molar refractivity (Wildman–Crippen MR) is 125 cm³/mol. The third-order valence-electron chi connectivity index (χ3n) is 4.51. The first kappa shape index (κ1) is 23.6. The molecular weight excluding hydrogens is 504 g/mol. The van der Waals surface area contributed by atoms with Crippen LogP contribution in [0, 0.1) is 6.92 Å². The van der Waals surface area contributed by atoms with Crippen molar-refractivity contribution in [2.75, 3.05) is 18.2 Å². The third kappa shape index (κ3) is 5.04. The number of thioether (sulfide) groups is 1. The van der Waals surface area contributed by atoms with Crippen molar-refractivity contribution in [3.8, 4) is 11.6 Å². The minimum absolute atomic E-state index is 0.0671. The van der Waals surface area contributed by atoms with Gasteiger partial charge < -0.3 is 14.5 Å². The van der Waals surface area contributed by atoms with Crippen molar-refractivity contribution in [2.24, 2.45) is 0 Å². The lowest BCUT2D eigenvalue weighted by Crippen LogP contribution is -2.17. The second-order valence-corrected chi connectivity index (χ2v) is 9.85. The second-order valence-electron chi connectivity index (χ2n) is 6.90. The van der Waals surface area contributed by atoms with Gasteiger partial charge in [0.05, 0.1) is 18.4 Å². The number of aromatic nitrogens is 3. The molecule has 0 aliphatic carbocycles. The van der Waals surface area contributed by atoms with E-state index in [1.807, 2.05) is 38.3 Å². The highest BCUT2D eigenvalue weighted by atomic mass is 79.9. The number of nitrogens with zero attached hydrogens (tertiary/aromatic N) is 3. The standard InChI is InChI=1S/C20H23BrN4O4S2/c1-6-12-11(4)31-18(16(12)19(27)28-5)22-15(26)9-30-20-24-23-17(25(20)10(2)3)13-7-8-14(21)29-13/h7-8,10H,6,9H2,1-5H3,(H,22,26). The lowest BCUT2D eigenvalue weighted by molar-refractivity contribution is -0.113. The molecule has 0 aromatic carbocycles. The average Bonchev–Trinajstić information content (AvgIpc) is 3.42. The number of ether oxygens (including phenoxy) is 1. The zero-order chi connectivity index (χ0) is 22.7. The molecule has 11 heteroatoms. The van der Waals surface area contributed by atoms with Gasteiger partial charge in [-0.25, -0.2) is 4.79 Å². The van der Waals surface area contributed by atoms with Gasteiger partial charge in [-0.05, 0) is 60.8 Å². The number of furan rings is 1. The summed E-state index contributed by atoms with van der Waals surface area (Å²) in [6.07, 6.45) is 0.681. The Bertz CT molecular complexity index is 1100. The van der Waals surface area contributed by atoms with Gasteiger partial charge in [-0.3, -0.25) is 9.36 Å². The molecule has 8 nitrogen and oxygen atoms in total. The van der Waals surface area contributed by atoms with E-state index in [9.17, 15) is 9.59 Å². The van der Waals surface area contributed by atoms with E-state index in [1.54, 1.807) is 6.07 Å². The molecule has 0 atom stereocenters. The van der Waals surface area contributed by atoms with Crippen molar-refractivity contribution in [1.29, 1.82) is 0 Å². The molecule has 1 N–H and O–H groups in total. The fourth-order valence-corrected chi connectivity index (χ4v) is 5.47. The maximum Gasteiger partial charge on any atom is 0.341 e. The third-order valence-corrected chi connectivity index (χ3v) is 6.94. The van der Waals surface area contributed by atoms with Crippen LogP contribution in [0.5, 0.6) is 0 Å². The average molecular weight is 527 g/mol. The van der Waals surface area contributed by atoms with Gasteiger partial charge in [-0.2, -0.15) is 0 Å². The molecule has 31 heavy (non-hydrogen) atoms. The molecule has 3 rings (SSSR count). The molecule has 0 aliphatic heterocycles. The highest BCUT2D eigenvalue weighted by Crippen LogP contribution is 2.34. The molecule has 0 spiro atoms. The Morgan fingerprint density at radius 2 is 2.10 bits per heavy atom. The van der Waals surface area contributed by atoms with Crippen LogP contribution in [0.15, 0.2) is 26.4 Å². The first-order valence-corrected chi connectivity index (χ1v) is 12.2. The van der Waals surface area contributed by atoms with Gasteiger partial charge in [0, 0.05) is 10.9 Å². The summed E-state index contributed by atoms with van der Waals surface area (Å²) >= 11 is 5.95. The van der Waals surface area contributed by atoms with Gasteiger partial charge in [-0.1, -0.05) is 18.7 Å². The van der Waals surface area contributed by atoms with Crippen LogP contribution < -0.4 is 5.32 Å². The summed E-state index contributed by atoms with van der Waals surface area (Å²) in [4.78, 5) is 25.9. The van der Waals surface area contributed by atoms with Crippen molar-refractivity contribution in [1.82, 2.24) is 14.8 Å². The predicted octanol–water partition coefficient (Wildman–Crippen LogP) is 5.33. The summed E-state index contributed by atoms with van der Waals surface area (Å²) in [5.41, 5.74) is 1.33. The molecule has 0 fully saturated rings. The molecular formula is C20H23BrN4O4S2. The summed E-state index contributed by atoms with van der Waals surface area (Å²) in [5.74, 6) is 0.620. The quantitative estimate of drug-likeness (QED) is 0.312. The van der Waals surface area contributed by atoms with Crippen molar-refractivity contribution >= 4 is 55.9 Å². The van der Waals surface area contributed by atoms with Gasteiger partial charge in [0.1, 0.15) is 5.00 Å². The first-order chi connectivity index (χ1) is 14.8. The number of aryl methyl sites for hydroxylation is 1. The molecule has 3 aromatic heterocycles. The molecule has 0 saturated heterocycles. The highest BCUT2D eigenvalue weighted by Gasteiger charge is 2.24. The molecule has 0 unspecified atom stereocenters. The van der Waals surface area contributed by atoms with Crippen LogP contribution in [0.1, 0.15) is 47.6 Å². The van der Waals surface area contributed by atoms with Crippen LogP contribution in [-0.2, 0) is 16.0 Å². The number of anilines is 1. The number of hydrogen-bond donors (Lipinski definition) is 1. The van der Waals surface area contributed by atoms with Crippen LogP contribution in [0.4, 0.5) is 5.00 Å². The lowest BCUT2D eigenvalue weighted by atomic mass is 10.1. The highest BCUT2D eigenvalue weighted by molar-refractivity contribution is 9.10. The largest absolute Gasteiger partial charge is 0.465 e. The van der Waals surface area contributed by atoms with Crippen LogP contribution in [0.3, 0.4) is 0 Å². The van der Waals surface area contributed by atoms with E-state index < -0.39 is 5.97 Å². The summed E-state index contributed by atoms with van der Waals surface area (Å²) < 4.78 is 13.0. The molecule has 3 heterocycles. The minimum Gasteiger partial charge on any atom is -0.465 e. The number of esters is 1. The van der Waals surface area contributed by atoms with E-state index in [0.29, 0.717) is 38.4 Å². The van der Waals surface area contributed by atoms with Gasteiger partial charge in [-0.15, -0.1) is 21.5 Å². The summed E-state index contributed by atoms with van der Waals surface area (Å²) in [5, 5.41) is 12.5. The summed E-state index contributed by atoms with van der Waals surface area (Å²) in [6.45, 7) is 7.92. The molecule has 3 aromatic rings. The minimum atomic E-state index is -0.446. The first-order valence-electron chi connectivity index (χ1n) is 9.60. The number of nitrogens with one attached hydrogen (secondary N) is 1. The lowest BCUT2D eigenvalue weighted by Gasteiger charge is -2.12. The van der Waals surface area contributed by atoms with Crippen LogP contribution in [0.2, 0.25) is 0 Å². The molecule has 0 saturated carbocycles. The SMILES string of the molecule is CCc1c(C)sc(NC(=O)CSc2nnc(-c3ccc(Br)o3)n2C(C)C)c1C(=O)OC. The number of carbonyl (C=O) groups is 2. The fraction of sp³-hybridized carbons (Fsp3) is 0.400. The molecule has 0 bridgehead atoms. The number of methoxy groups -OCH3 is 1. The molecule has 0 radical (unpaired) electrons. The van der Waals surface area contributed by atoms with Crippen LogP contribution in [0.25, 0.3) is 11.6 Å². The number of hydrogen-bond acceptors (Lipinski definition) is 8. The van der Waals surface area contributed by atoms with E-state index >= 15 is 0 Å². The van der Waals surface area contributed by atoms with Crippen molar-refractivity contribution in [2.45, 2.75) is 45.3 Å². The maximum atomic E-state index is 12.7. The van der Waals surface area contributed by atoms with Gasteiger partial charge >= 0.3 is 5.97 Å². The Morgan fingerprint density at radius 1 is 1.35 bits per heavy atom. The molecule has 0 aliphatic rings.